The van der Waals surface area contributed by atoms with E-state index in [1.807, 2.05) is 31.2 Å². The molecule has 0 amide bonds. The van der Waals surface area contributed by atoms with E-state index in [0.29, 0.717) is 11.8 Å². The maximum absolute atomic E-state index is 11.3. The van der Waals surface area contributed by atoms with Gasteiger partial charge < -0.3 is 9.15 Å². The molecule has 0 aliphatic rings. The Morgan fingerprint density at radius 2 is 2.29 bits per heavy atom. The zero-order valence-electron chi connectivity index (χ0n) is 9.51. The molecule has 0 aliphatic carbocycles. The second-order valence-corrected chi connectivity index (χ2v) is 4.38. The van der Waals surface area contributed by atoms with E-state index in [1.165, 1.54) is 11.8 Å². The normalized spacial score (nSPS) is 10.6. The lowest BCUT2D eigenvalue weighted by Crippen LogP contribution is -2.07. The number of carbonyl (C=O) groups is 1. The maximum Gasteiger partial charge on any atom is 0.316 e. The Morgan fingerprint density at radius 3 is 3.06 bits per heavy atom. The van der Waals surface area contributed by atoms with Crippen molar-refractivity contribution in [3.8, 4) is 0 Å². The number of benzene rings is 1. The van der Waals surface area contributed by atoms with Gasteiger partial charge in [0.2, 0.25) is 0 Å². The number of carbonyl (C=O) groups excluding carboxylic acids is 1. The topological polar surface area (TPSA) is 52.3 Å². The molecule has 0 bridgehead atoms. The summed E-state index contributed by atoms with van der Waals surface area (Å²) < 4.78 is 10.4. The van der Waals surface area contributed by atoms with E-state index in [1.54, 1.807) is 0 Å². The van der Waals surface area contributed by atoms with Gasteiger partial charge in [-0.3, -0.25) is 4.79 Å². The summed E-state index contributed by atoms with van der Waals surface area (Å²) in [6.07, 6.45) is 0.833. The number of nitrogens with zero attached hydrogens (tertiary/aromatic N) is 1. The van der Waals surface area contributed by atoms with Crippen molar-refractivity contribution >= 4 is 28.8 Å². The van der Waals surface area contributed by atoms with Crippen LogP contribution in [0.2, 0.25) is 0 Å². The Hall–Kier alpha value is -1.49. The molecule has 0 saturated carbocycles. The van der Waals surface area contributed by atoms with Crippen molar-refractivity contribution in [3.63, 3.8) is 0 Å². The predicted octanol–water partition coefficient (Wildman–Crippen LogP) is 2.87. The van der Waals surface area contributed by atoms with E-state index in [2.05, 4.69) is 4.98 Å². The van der Waals surface area contributed by atoms with Crippen molar-refractivity contribution < 1.29 is 13.9 Å². The van der Waals surface area contributed by atoms with Gasteiger partial charge in [-0.25, -0.2) is 4.98 Å². The second kappa shape index (κ2) is 5.72. The zero-order valence-corrected chi connectivity index (χ0v) is 10.3. The zero-order chi connectivity index (χ0) is 12.1. The molecule has 5 heteroatoms. The van der Waals surface area contributed by atoms with Crippen molar-refractivity contribution in [2.45, 2.75) is 18.6 Å². The number of para-hydroxylation sites is 2. The molecule has 0 aliphatic heterocycles. The predicted molar refractivity (Wildman–Crippen MR) is 66.0 cm³/mol. The van der Waals surface area contributed by atoms with Gasteiger partial charge in [0.05, 0.1) is 6.61 Å². The van der Waals surface area contributed by atoms with E-state index in [-0.39, 0.29) is 11.7 Å². The van der Waals surface area contributed by atoms with Gasteiger partial charge in [0.15, 0.2) is 5.58 Å². The lowest BCUT2D eigenvalue weighted by molar-refractivity contribution is -0.140. The molecule has 2 rings (SSSR count). The molecule has 0 radical (unpaired) electrons. The smallest absolute Gasteiger partial charge is 0.316 e. The van der Waals surface area contributed by atoms with Crippen molar-refractivity contribution in [1.29, 1.82) is 0 Å². The number of esters is 1. The molecular formula is C12H13NO3S. The quantitative estimate of drug-likeness (QED) is 0.604. The third-order valence-corrected chi connectivity index (χ3v) is 2.86. The minimum absolute atomic E-state index is 0.229. The Bertz CT molecular complexity index is 476. The number of aromatic nitrogens is 1. The molecule has 0 atom stereocenters. The third-order valence-electron chi connectivity index (χ3n) is 2.05. The first-order valence-electron chi connectivity index (χ1n) is 5.43. The molecule has 0 saturated heterocycles. The minimum atomic E-state index is -0.237. The molecular weight excluding hydrogens is 238 g/mol. The number of rotatable bonds is 5. The summed E-state index contributed by atoms with van der Waals surface area (Å²) in [4.78, 5) is 15.5. The molecule has 1 aromatic heterocycles. The highest BCUT2D eigenvalue weighted by molar-refractivity contribution is 7.99. The number of oxazole rings is 1. The summed E-state index contributed by atoms with van der Waals surface area (Å²) in [7, 11) is 0. The molecule has 0 unspecified atom stereocenters. The van der Waals surface area contributed by atoms with Gasteiger partial charge in [0.25, 0.3) is 5.22 Å². The van der Waals surface area contributed by atoms with E-state index in [4.69, 9.17) is 9.15 Å². The van der Waals surface area contributed by atoms with Gasteiger partial charge in [-0.1, -0.05) is 30.8 Å². The van der Waals surface area contributed by atoms with Gasteiger partial charge in [-0.15, -0.1) is 0 Å². The van der Waals surface area contributed by atoms with Gasteiger partial charge in [-0.2, -0.15) is 0 Å². The van der Waals surface area contributed by atoms with Crippen LogP contribution in [0.15, 0.2) is 33.9 Å². The molecule has 1 aromatic carbocycles. The fourth-order valence-electron chi connectivity index (χ4n) is 1.29. The van der Waals surface area contributed by atoms with Crippen LogP contribution in [0.25, 0.3) is 11.1 Å². The third kappa shape index (κ3) is 3.23. The highest BCUT2D eigenvalue weighted by Gasteiger charge is 2.09. The molecule has 0 spiro atoms. The van der Waals surface area contributed by atoms with E-state index >= 15 is 0 Å². The fourth-order valence-corrected chi connectivity index (χ4v) is 1.93. The Kier molecular flexibility index (Phi) is 4.03. The van der Waals surface area contributed by atoms with Crippen molar-refractivity contribution in [1.82, 2.24) is 4.98 Å². The molecule has 0 N–H and O–H groups in total. The number of hydrogen-bond acceptors (Lipinski definition) is 5. The van der Waals surface area contributed by atoms with Crippen LogP contribution in [-0.2, 0) is 9.53 Å². The average Bonchev–Trinajstić information content (AvgIpc) is 2.76. The van der Waals surface area contributed by atoms with Crippen molar-refractivity contribution in [3.05, 3.63) is 24.3 Å². The van der Waals surface area contributed by atoms with Crippen LogP contribution in [0.4, 0.5) is 0 Å². The Morgan fingerprint density at radius 1 is 1.47 bits per heavy atom. The highest BCUT2D eigenvalue weighted by atomic mass is 32.2. The largest absolute Gasteiger partial charge is 0.465 e. The minimum Gasteiger partial charge on any atom is -0.465 e. The number of hydrogen-bond donors (Lipinski definition) is 0. The molecule has 0 fully saturated rings. The summed E-state index contributed by atoms with van der Waals surface area (Å²) >= 11 is 1.25. The van der Waals surface area contributed by atoms with Crippen LogP contribution >= 0.6 is 11.8 Å². The molecule has 2 aromatic rings. The van der Waals surface area contributed by atoms with Crippen LogP contribution in [0.5, 0.6) is 0 Å². The Labute approximate surface area is 103 Å². The number of ether oxygens (including phenoxy) is 1. The molecule has 4 nitrogen and oxygen atoms in total. The van der Waals surface area contributed by atoms with Crippen LogP contribution in [0.3, 0.4) is 0 Å². The second-order valence-electron chi connectivity index (χ2n) is 3.46. The molecule has 1 heterocycles. The van der Waals surface area contributed by atoms with E-state index in [0.717, 1.165) is 17.5 Å². The standard InChI is InChI=1S/C12H13NO3S/c1-2-7-15-11(14)8-17-12-13-9-5-3-4-6-10(9)16-12/h3-6H,2,7-8H2,1H3. The van der Waals surface area contributed by atoms with Gasteiger partial charge in [-0.05, 0) is 18.6 Å². The summed E-state index contributed by atoms with van der Waals surface area (Å²) in [6, 6.07) is 7.51. The summed E-state index contributed by atoms with van der Waals surface area (Å²) in [6.45, 7) is 2.42. The van der Waals surface area contributed by atoms with Crippen LogP contribution in [0.1, 0.15) is 13.3 Å². The van der Waals surface area contributed by atoms with Crippen LogP contribution in [0, 0.1) is 0 Å². The Balaban J connectivity index is 1.92. The van der Waals surface area contributed by atoms with Crippen molar-refractivity contribution in [2.24, 2.45) is 0 Å². The number of fused-ring (bicyclic) bond motifs is 1. The number of thioether (sulfide) groups is 1. The van der Waals surface area contributed by atoms with E-state index < -0.39 is 0 Å². The molecule has 17 heavy (non-hydrogen) atoms. The lowest BCUT2D eigenvalue weighted by Gasteiger charge is -2.00. The maximum atomic E-state index is 11.3. The molecule has 90 valence electrons. The SMILES string of the molecule is CCCOC(=O)CSc1nc2ccccc2o1. The lowest BCUT2D eigenvalue weighted by atomic mass is 10.3. The summed E-state index contributed by atoms with van der Waals surface area (Å²) in [5, 5.41) is 0.500. The first-order valence-corrected chi connectivity index (χ1v) is 6.42. The average molecular weight is 251 g/mol. The van der Waals surface area contributed by atoms with Gasteiger partial charge >= 0.3 is 5.97 Å². The highest BCUT2D eigenvalue weighted by Crippen LogP contribution is 2.22. The van der Waals surface area contributed by atoms with Gasteiger partial charge in [0, 0.05) is 0 Å². The van der Waals surface area contributed by atoms with Gasteiger partial charge in [0.1, 0.15) is 11.3 Å². The first-order chi connectivity index (χ1) is 8.29. The fraction of sp³-hybridized carbons (Fsp3) is 0.333. The van der Waals surface area contributed by atoms with E-state index in [9.17, 15) is 4.79 Å². The van der Waals surface area contributed by atoms with Crippen LogP contribution in [-0.4, -0.2) is 23.3 Å². The van der Waals surface area contributed by atoms with Crippen molar-refractivity contribution in [2.75, 3.05) is 12.4 Å². The summed E-state index contributed by atoms with van der Waals surface area (Å²) in [5.41, 5.74) is 1.54. The van der Waals surface area contributed by atoms with Crippen LogP contribution < -0.4 is 0 Å². The monoisotopic (exact) mass is 251 g/mol. The first kappa shape index (κ1) is 12.0. The summed E-state index contributed by atoms with van der Waals surface area (Å²) in [5.74, 6) is -0.00795.